The van der Waals surface area contributed by atoms with Crippen LogP contribution in [0.5, 0.6) is 0 Å². The van der Waals surface area contributed by atoms with Crippen LogP contribution in [-0.2, 0) is 4.79 Å². The first-order valence-corrected chi connectivity index (χ1v) is 6.21. The Morgan fingerprint density at radius 2 is 1.94 bits per heavy atom. The molecule has 3 N–H and O–H groups in total. The molecule has 2 amide bonds. The van der Waals surface area contributed by atoms with Gasteiger partial charge in [-0.15, -0.1) is 0 Å². The standard InChI is InChI=1S/C12H24N2O3/c1-4-10(8-11(15)16)14-12(17)13-7-5-6-9(2)3/h9-10H,4-8H2,1-3H3,(H,15,16)(H2,13,14,17). The minimum atomic E-state index is -0.892. The number of hydrogen-bond donors (Lipinski definition) is 3. The molecule has 0 saturated carbocycles. The first-order chi connectivity index (χ1) is 7.95. The van der Waals surface area contributed by atoms with Gasteiger partial charge in [-0.05, 0) is 25.2 Å². The molecular weight excluding hydrogens is 220 g/mol. The number of nitrogens with one attached hydrogen (secondary N) is 2. The molecule has 5 nitrogen and oxygen atoms in total. The van der Waals surface area contributed by atoms with E-state index in [9.17, 15) is 9.59 Å². The number of hydrogen-bond acceptors (Lipinski definition) is 2. The average Bonchev–Trinajstić information content (AvgIpc) is 2.22. The van der Waals surface area contributed by atoms with Gasteiger partial charge in [-0.3, -0.25) is 4.79 Å². The van der Waals surface area contributed by atoms with Crippen LogP contribution in [0.25, 0.3) is 0 Å². The van der Waals surface area contributed by atoms with Crippen molar-refractivity contribution in [3.8, 4) is 0 Å². The Hall–Kier alpha value is -1.26. The Labute approximate surface area is 103 Å². The molecule has 0 aliphatic carbocycles. The first kappa shape index (κ1) is 15.7. The Bertz CT molecular complexity index is 242. The zero-order chi connectivity index (χ0) is 13.3. The van der Waals surface area contributed by atoms with Gasteiger partial charge in [0.25, 0.3) is 0 Å². The van der Waals surface area contributed by atoms with Crippen LogP contribution in [0.2, 0.25) is 0 Å². The normalized spacial score (nSPS) is 12.2. The number of carboxylic acids is 1. The second-order valence-electron chi connectivity index (χ2n) is 4.64. The van der Waals surface area contributed by atoms with Crippen LogP contribution in [0.1, 0.15) is 46.5 Å². The molecule has 0 rings (SSSR count). The SMILES string of the molecule is CCC(CC(=O)O)NC(=O)NCCCC(C)C. The summed E-state index contributed by atoms with van der Waals surface area (Å²) in [6.45, 7) is 6.76. The lowest BCUT2D eigenvalue weighted by atomic mass is 10.1. The van der Waals surface area contributed by atoms with Crippen molar-refractivity contribution < 1.29 is 14.7 Å². The molecule has 17 heavy (non-hydrogen) atoms. The maximum absolute atomic E-state index is 11.4. The van der Waals surface area contributed by atoms with Crippen LogP contribution >= 0.6 is 0 Å². The van der Waals surface area contributed by atoms with Crippen LogP contribution < -0.4 is 10.6 Å². The summed E-state index contributed by atoms with van der Waals surface area (Å²) in [7, 11) is 0. The lowest BCUT2D eigenvalue weighted by Crippen LogP contribution is -2.43. The van der Waals surface area contributed by atoms with Gasteiger partial charge < -0.3 is 15.7 Å². The fraction of sp³-hybridized carbons (Fsp3) is 0.833. The van der Waals surface area contributed by atoms with Crippen LogP contribution in [0.3, 0.4) is 0 Å². The van der Waals surface area contributed by atoms with Crippen molar-refractivity contribution >= 4 is 12.0 Å². The third kappa shape index (κ3) is 9.66. The highest BCUT2D eigenvalue weighted by Gasteiger charge is 2.13. The molecule has 0 spiro atoms. The average molecular weight is 244 g/mol. The lowest BCUT2D eigenvalue weighted by molar-refractivity contribution is -0.137. The quantitative estimate of drug-likeness (QED) is 0.571. The van der Waals surface area contributed by atoms with E-state index in [4.69, 9.17) is 5.11 Å². The molecule has 0 fully saturated rings. The van der Waals surface area contributed by atoms with Crippen molar-refractivity contribution in [3.05, 3.63) is 0 Å². The molecule has 5 heteroatoms. The molecule has 0 aliphatic heterocycles. The maximum Gasteiger partial charge on any atom is 0.315 e. The van der Waals surface area contributed by atoms with Gasteiger partial charge in [-0.25, -0.2) is 4.79 Å². The highest BCUT2D eigenvalue weighted by Crippen LogP contribution is 2.02. The summed E-state index contributed by atoms with van der Waals surface area (Å²) < 4.78 is 0. The van der Waals surface area contributed by atoms with Crippen LogP contribution in [-0.4, -0.2) is 29.7 Å². The predicted octanol–water partition coefficient (Wildman–Crippen LogP) is 1.98. The number of amides is 2. The molecule has 0 aromatic carbocycles. The van der Waals surface area contributed by atoms with Gasteiger partial charge in [-0.1, -0.05) is 20.8 Å². The number of urea groups is 1. The van der Waals surface area contributed by atoms with Gasteiger partial charge in [0.1, 0.15) is 0 Å². The van der Waals surface area contributed by atoms with Gasteiger partial charge in [0.2, 0.25) is 0 Å². The Balaban J connectivity index is 3.72. The van der Waals surface area contributed by atoms with Gasteiger partial charge in [0.15, 0.2) is 0 Å². The molecule has 0 aromatic rings. The van der Waals surface area contributed by atoms with E-state index in [2.05, 4.69) is 24.5 Å². The molecule has 0 heterocycles. The second kappa shape index (κ2) is 8.84. The third-order valence-corrected chi connectivity index (χ3v) is 2.49. The summed E-state index contributed by atoms with van der Waals surface area (Å²) in [5.74, 6) is -0.257. The smallest absolute Gasteiger partial charge is 0.315 e. The van der Waals surface area contributed by atoms with Crippen molar-refractivity contribution in [1.82, 2.24) is 10.6 Å². The van der Waals surface area contributed by atoms with Crippen LogP contribution in [0.4, 0.5) is 4.79 Å². The van der Waals surface area contributed by atoms with Crippen molar-refractivity contribution in [2.75, 3.05) is 6.54 Å². The summed E-state index contributed by atoms with van der Waals surface area (Å²) in [5, 5.41) is 14.0. The topological polar surface area (TPSA) is 78.4 Å². The maximum atomic E-state index is 11.4. The molecule has 1 unspecified atom stereocenters. The van der Waals surface area contributed by atoms with Gasteiger partial charge in [0.05, 0.1) is 6.42 Å². The molecule has 100 valence electrons. The second-order valence-corrected chi connectivity index (χ2v) is 4.64. The summed E-state index contributed by atoms with van der Waals surface area (Å²) in [4.78, 5) is 21.9. The third-order valence-electron chi connectivity index (χ3n) is 2.49. The largest absolute Gasteiger partial charge is 0.481 e. The molecule has 0 bridgehead atoms. The Morgan fingerprint density at radius 3 is 2.41 bits per heavy atom. The number of carbonyl (C=O) groups is 2. The molecule has 0 radical (unpaired) electrons. The van der Waals surface area contributed by atoms with Crippen LogP contribution in [0.15, 0.2) is 0 Å². The molecule has 0 aromatic heterocycles. The Kier molecular flexibility index (Phi) is 8.19. The monoisotopic (exact) mass is 244 g/mol. The molecule has 0 aliphatic rings. The highest BCUT2D eigenvalue weighted by atomic mass is 16.4. The van der Waals surface area contributed by atoms with Crippen molar-refractivity contribution in [2.24, 2.45) is 5.92 Å². The first-order valence-electron chi connectivity index (χ1n) is 6.21. The minimum absolute atomic E-state index is 0.0318. The summed E-state index contributed by atoms with van der Waals surface area (Å²) in [6.07, 6.45) is 2.61. The van der Waals surface area contributed by atoms with E-state index >= 15 is 0 Å². The Morgan fingerprint density at radius 1 is 1.29 bits per heavy atom. The zero-order valence-electron chi connectivity index (χ0n) is 11.0. The van der Waals surface area contributed by atoms with Crippen molar-refractivity contribution in [2.45, 2.75) is 52.5 Å². The van der Waals surface area contributed by atoms with Gasteiger partial charge in [0, 0.05) is 12.6 Å². The molecule has 1 atom stereocenters. The number of aliphatic carboxylic acids is 1. The van der Waals surface area contributed by atoms with Crippen molar-refractivity contribution in [3.63, 3.8) is 0 Å². The fourth-order valence-electron chi connectivity index (χ4n) is 1.46. The van der Waals surface area contributed by atoms with E-state index < -0.39 is 5.97 Å². The number of rotatable bonds is 8. The fourth-order valence-corrected chi connectivity index (χ4v) is 1.46. The zero-order valence-corrected chi connectivity index (χ0v) is 11.0. The summed E-state index contributed by atoms with van der Waals surface area (Å²) in [5.41, 5.74) is 0. The van der Waals surface area contributed by atoms with Gasteiger partial charge in [-0.2, -0.15) is 0 Å². The van der Waals surface area contributed by atoms with Gasteiger partial charge >= 0.3 is 12.0 Å². The molecule has 0 saturated heterocycles. The van der Waals surface area contributed by atoms with E-state index in [1.807, 2.05) is 6.92 Å². The summed E-state index contributed by atoms with van der Waals surface area (Å²) >= 11 is 0. The van der Waals surface area contributed by atoms with E-state index in [1.165, 1.54) is 0 Å². The van der Waals surface area contributed by atoms with Crippen LogP contribution in [0, 0.1) is 5.92 Å². The highest BCUT2D eigenvalue weighted by molar-refractivity contribution is 5.75. The molecular formula is C12H24N2O3. The summed E-state index contributed by atoms with van der Waals surface area (Å²) in [6, 6.07) is -0.570. The van der Waals surface area contributed by atoms with E-state index in [1.54, 1.807) is 0 Å². The van der Waals surface area contributed by atoms with E-state index in [-0.39, 0.29) is 18.5 Å². The lowest BCUT2D eigenvalue weighted by Gasteiger charge is -2.15. The number of carbonyl (C=O) groups excluding carboxylic acids is 1. The van der Waals surface area contributed by atoms with Crippen molar-refractivity contribution in [1.29, 1.82) is 0 Å². The van der Waals surface area contributed by atoms with E-state index in [0.29, 0.717) is 18.9 Å². The minimum Gasteiger partial charge on any atom is -0.481 e. The number of carboxylic acid groups (broad SMARTS) is 1. The van der Waals surface area contributed by atoms with E-state index in [0.717, 1.165) is 12.8 Å². The predicted molar refractivity (Wildman–Crippen MR) is 66.9 cm³/mol.